The first kappa shape index (κ1) is 13.7. The lowest BCUT2D eigenvalue weighted by Gasteiger charge is -2.37. The van der Waals surface area contributed by atoms with E-state index in [-0.39, 0.29) is 17.6 Å². The van der Waals surface area contributed by atoms with Gasteiger partial charge in [0.05, 0.1) is 0 Å². The average Bonchev–Trinajstić information content (AvgIpc) is 2.46. The minimum atomic E-state index is -0.0970. The Balaban J connectivity index is 1.92. The summed E-state index contributed by atoms with van der Waals surface area (Å²) in [5.74, 6) is 0.322. The molecular weight excluding hydrogens is 242 g/mol. The second kappa shape index (κ2) is 5.93. The Hall–Kier alpha value is -1.75. The molecule has 1 heterocycles. The number of benzene rings is 1. The minimum absolute atomic E-state index is 0.0970. The van der Waals surface area contributed by atoms with Gasteiger partial charge in [0.25, 0.3) is 0 Å². The fraction of sp³-hybridized carbons (Fsp3) is 0.500. The number of nitrogens with zero attached hydrogens (tertiary/aromatic N) is 2. The van der Waals surface area contributed by atoms with Crippen molar-refractivity contribution < 1.29 is 9.90 Å². The molecule has 0 saturated carbocycles. The van der Waals surface area contributed by atoms with Crippen LogP contribution in [0.5, 0.6) is 5.75 Å². The lowest BCUT2D eigenvalue weighted by Crippen LogP contribution is -2.50. The molecule has 1 amide bonds. The molecule has 0 bridgehead atoms. The van der Waals surface area contributed by atoms with Gasteiger partial charge in [0.2, 0.25) is 5.91 Å². The number of amides is 1. The van der Waals surface area contributed by atoms with Crippen molar-refractivity contribution >= 4 is 11.6 Å². The monoisotopic (exact) mass is 263 g/mol. The molecular formula is C14H21N3O2. The van der Waals surface area contributed by atoms with E-state index in [9.17, 15) is 9.90 Å². The summed E-state index contributed by atoms with van der Waals surface area (Å²) in [6.45, 7) is 5.35. The van der Waals surface area contributed by atoms with Crippen molar-refractivity contribution in [1.82, 2.24) is 4.90 Å². The van der Waals surface area contributed by atoms with Crippen molar-refractivity contribution in [2.75, 3.05) is 37.6 Å². The van der Waals surface area contributed by atoms with Crippen LogP contribution in [-0.4, -0.2) is 48.6 Å². The van der Waals surface area contributed by atoms with E-state index < -0.39 is 0 Å². The van der Waals surface area contributed by atoms with Crippen molar-refractivity contribution in [2.45, 2.75) is 6.92 Å². The number of aromatic hydroxyl groups is 1. The van der Waals surface area contributed by atoms with Crippen molar-refractivity contribution in [1.29, 1.82) is 0 Å². The van der Waals surface area contributed by atoms with Gasteiger partial charge in [0, 0.05) is 44.3 Å². The summed E-state index contributed by atoms with van der Waals surface area (Å²) < 4.78 is 0. The third-order valence-corrected chi connectivity index (χ3v) is 3.58. The predicted molar refractivity (Wildman–Crippen MR) is 75.1 cm³/mol. The van der Waals surface area contributed by atoms with E-state index in [0.29, 0.717) is 6.54 Å². The molecule has 1 saturated heterocycles. The van der Waals surface area contributed by atoms with Crippen LogP contribution >= 0.6 is 0 Å². The molecule has 19 heavy (non-hydrogen) atoms. The van der Waals surface area contributed by atoms with Crippen LogP contribution in [0.25, 0.3) is 0 Å². The van der Waals surface area contributed by atoms with E-state index in [1.165, 1.54) is 0 Å². The van der Waals surface area contributed by atoms with Crippen LogP contribution in [0.3, 0.4) is 0 Å². The SMILES string of the molecule is CC(CN)C(=O)N1CCN(c2ccc(O)cc2)CC1. The summed E-state index contributed by atoms with van der Waals surface area (Å²) in [5, 5.41) is 9.27. The summed E-state index contributed by atoms with van der Waals surface area (Å²) >= 11 is 0. The molecule has 1 aromatic rings. The Morgan fingerprint density at radius 2 is 1.84 bits per heavy atom. The van der Waals surface area contributed by atoms with Gasteiger partial charge in [0.1, 0.15) is 5.75 Å². The van der Waals surface area contributed by atoms with Crippen molar-refractivity contribution in [2.24, 2.45) is 11.7 Å². The standard InChI is InChI=1S/C14H21N3O2/c1-11(10-15)14(19)17-8-6-16(7-9-17)12-2-4-13(18)5-3-12/h2-5,11,18H,6-10,15H2,1H3. The zero-order valence-electron chi connectivity index (χ0n) is 11.2. The highest BCUT2D eigenvalue weighted by Gasteiger charge is 2.24. The maximum absolute atomic E-state index is 12.0. The number of carbonyl (C=O) groups is 1. The van der Waals surface area contributed by atoms with Gasteiger partial charge in [-0.1, -0.05) is 6.92 Å². The average molecular weight is 263 g/mol. The first-order chi connectivity index (χ1) is 9.11. The predicted octanol–water partition coefficient (Wildman–Crippen LogP) is 0.636. The third kappa shape index (κ3) is 3.17. The third-order valence-electron chi connectivity index (χ3n) is 3.58. The van der Waals surface area contributed by atoms with Gasteiger partial charge in [0.15, 0.2) is 0 Å². The van der Waals surface area contributed by atoms with Crippen LogP contribution in [0.1, 0.15) is 6.92 Å². The Bertz CT molecular complexity index is 425. The number of anilines is 1. The zero-order valence-corrected chi connectivity index (χ0v) is 11.2. The second-order valence-corrected chi connectivity index (χ2v) is 4.97. The molecule has 1 aliphatic rings. The summed E-state index contributed by atoms with van der Waals surface area (Å²) in [4.78, 5) is 16.1. The van der Waals surface area contributed by atoms with Crippen LogP contribution in [0.4, 0.5) is 5.69 Å². The lowest BCUT2D eigenvalue weighted by atomic mass is 10.1. The maximum atomic E-state index is 12.0. The number of carbonyl (C=O) groups excluding carboxylic acids is 1. The smallest absolute Gasteiger partial charge is 0.226 e. The number of piperazine rings is 1. The Morgan fingerprint density at radius 3 is 2.37 bits per heavy atom. The Kier molecular flexibility index (Phi) is 4.27. The van der Waals surface area contributed by atoms with Gasteiger partial charge in [-0.2, -0.15) is 0 Å². The summed E-state index contributed by atoms with van der Waals surface area (Å²) in [7, 11) is 0. The molecule has 1 unspecified atom stereocenters. The highest BCUT2D eigenvalue weighted by Crippen LogP contribution is 2.20. The molecule has 5 nitrogen and oxygen atoms in total. The molecule has 1 fully saturated rings. The summed E-state index contributed by atoms with van der Waals surface area (Å²) in [5.41, 5.74) is 6.61. The lowest BCUT2D eigenvalue weighted by molar-refractivity contribution is -0.134. The molecule has 3 N–H and O–H groups in total. The van der Waals surface area contributed by atoms with Gasteiger partial charge >= 0.3 is 0 Å². The maximum Gasteiger partial charge on any atom is 0.226 e. The minimum Gasteiger partial charge on any atom is -0.508 e. The molecule has 1 aliphatic heterocycles. The van der Waals surface area contributed by atoms with Crippen LogP contribution in [-0.2, 0) is 4.79 Å². The highest BCUT2D eigenvalue weighted by molar-refractivity contribution is 5.79. The van der Waals surface area contributed by atoms with Gasteiger partial charge in [-0.3, -0.25) is 4.79 Å². The topological polar surface area (TPSA) is 69.8 Å². The van der Waals surface area contributed by atoms with E-state index in [4.69, 9.17) is 5.73 Å². The van der Waals surface area contributed by atoms with E-state index in [0.717, 1.165) is 31.9 Å². The molecule has 0 spiro atoms. The molecule has 1 aromatic carbocycles. The fourth-order valence-corrected chi connectivity index (χ4v) is 2.26. The van der Waals surface area contributed by atoms with Crippen LogP contribution in [0.15, 0.2) is 24.3 Å². The molecule has 2 rings (SSSR count). The number of phenols is 1. The van der Waals surface area contributed by atoms with E-state index in [1.54, 1.807) is 12.1 Å². The number of rotatable bonds is 3. The first-order valence-electron chi connectivity index (χ1n) is 6.64. The van der Waals surface area contributed by atoms with E-state index in [2.05, 4.69) is 4.90 Å². The van der Waals surface area contributed by atoms with Crippen LogP contribution in [0, 0.1) is 5.92 Å². The zero-order chi connectivity index (χ0) is 13.8. The molecule has 0 radical (unpaired) electrons. The van der Waals surface area contributed by atoms with Gasteiger partial charge in [-0.15, -0.1) is 0 Å². The van der Waals surface area contributed by atoms with Gasteiger partial charge < -0.3 is 20.6 Å². The van der Waals surface area contributed by atoms with Crippen LogP contribution < -0.4 is 10.6 Å². The fourth-order valence-electron chi connectivity index (χ4n) is 2.26. The number of phenolic OH excluding ortho intramolecular Hbond substituents is 1. The van der Waals surface area contributed by atoms with E-state index in [1.807, 2.05) is 24.0 Å². The van der Waals surface area contributed by atoms with Gasteiger partial charge in [-0.25, -0.2) is 0 Å². The molecule has 0 aliphatic carbocycles. The number of hydrogen-bond donors (Lipinski definition) is 2. The number of hydrogen-bond acceptors (Lipinski definition) is 4. The normalized spacial score (nSPS) is 17.4. The van der Waals surface area contributed by atoms with Gasteiger partial charge in [-0.05, 0) is 24.3 Å². The summed E-state index contributed by atoms with van der Waals surface area (Å²) in [6, 6.07) is 7.16. The van der Waals surface area contributed by atoms with E-state index >= 15 is 0 Å². The highest BCUT2D eigenvalue weighted by atomic mass is 16.3. The quantitative estimate of drug-likeness (QED) is 0.839. The molecule has 5 heteroatoms. The van der Waals surface area contributed by atoms with Crippen molar-refractivity contribution in [3.8, 4) is 5.75 Å². The Morgan fingerprint density at radius 1 is 1.26 bits per heavy atom. The first-order valence-corrected chi connectivity index (χ1v) is 6.64. The summed E-state index contributed by atoms with van der Waals surface area (Å²) in [6.07, 6.45) is 0. The van der Waals surface area contributed by atoms with Crippen molar-refractivity contribution in [3.05, 3.63) is 24.3 Å². The molecule has 104 valence electrons. The van der Waals surface area contributed by atoms with Crippen molar-refractivity contribution in [3.63, 3.8) is 0 Å². The molecule has 0 aromatic heterocycles. The Labute approximate surface area is 113 Å². The molecule has 1 atom stereocenters. The second-order valence-electron chi connectivity index (χ2n) is 4.97. The van der Waals surface area contributed by atoms with Crippen LogP contribution in [0.2, 0.25) is 0 Å². The number of nitrogens with two attached hydrogens (primary N) is 1. The largest absolute Gasteiger partial charge is 0.508 e.